The summed E-state index contributed by atoms with van der Waals surface area (Å²) >= 11 is 0. The summed E-state index contributed by atoms with van der Waals surface area (Å²) in [5, 5.41) is 22.9. The number of carbonyl (C=O) groups excluding carboxylic acids is 1. The van der Waals surface area contributed by atoms with E-state index in [0.29, 0.717) is 11.1 Å². The van der Waals surface area contributed by atoms with Gasteiger partial charge in [0.25, 0.3) is 11.9 Å². The monoisotopic (exact) mass is 233 g/mol. The topological polar surface area (TPSA) is 92.9 Å². The van der Waals surface area contributed by atoms with Crippen LogP contribution in [-0.2, 0) is 7.05 Å². The molecule has 0 unspecified atom stereocenters. The minimum atomic E-state index is -0.346. The number of amides is 1. The Kier molecular flexibility index (Phi) is 2.73. The van der Waals surface area contributed by atoms with Crippen LogP contribution in [0.2, 0.25) is 0 Å². The maximum Gasteiger partial charge on any atom is 0.270 e. The molecule has 7 heteroatoms. The average Bonchev–Trinajstić information content (AvgIpc) is 2.68. The number of hydrogen-bond donors (Lipinski definition) is 2. The van der Waals surface area contributed by atoms with Gasteiger partial charge in [-0.15, -0.1) is 5.10 Å². The van der Waals surface area contributed by atoms with Crippen LogP contribution in [0.3, 0.4) is 0 Å². The van der Waals surface area contributed by atoms with Crippen LogP contribution in [-0.4, -0.2) is 31.2 Å². The van der Waals surface area contributed by atoms with Crippen LogP contribution in [0.4, 0.5) is 5.95 Å². The number of anilines is 1. The van der Waals surface area contributed by atoms with Crippen molar-refractivity contribution >= 4 is 11.9 Å². The van der Waals surface area contributed by atoms with Gasteiger partial charge < -0.3 is 5.11 Å². The molecule has 7 nitrogen and oxygen atoms in total. The van der Waals surface area contributed by atoms with Gasteiger partial charge in [0.05, 0.1) is 7.05 Å². The summed E-state index contributed by atoms with van der Waals surface area (Å²) in [5.41, 5.74) is 1.05. The molecule has 2 N–H and O–H groups in total. The highest BCUT2D eigenvalue weighted by Crippen LogP contribution is 2.17. The lowest BCUT2D eigenvalue weighted by Gasteiger charge is -2.03. The second kappa shape index (κ2) is 4.20. The first-order valence-electron chi connectivity index (χ1n) is 4.91. The highest BCUT2D eigenvalue weighted by Gasteiger charge is 2.10. The fourth-order valence-corrected chi connectivity index (χ4v) is 1.30. The number of phenols is 1. The minimum absolute atomic E-state index is 0.142. The summed E-state index contributed by atoms with van der Waals surface area (Å²) in [6, 6.07) is 4.57. The highest BCUT2D eigenvalue weighted by atomic mass is 16.3. The molecule has 0 spiro atoms. The number of benzene rings is 1. The van der Waals surface area contributed by atoms with Crippen LogP contribution in [0.15, 0.2) is 18.2 Å². The Morgan fingerprint density at radius 2 is 2.24 bits per heavy atom. The molecule has 1 aromatic carbocycles. The van der Waals surface area contributed by atoms with Crippen LogP contribution in [0.25, 0.3) is 0 Å². The van der Waals surface area contributed by atoms with E-state index in [-0.39, 0.29) is 17.6 Å². The van der Waals surface area contributed by atoms with Crippen LogP contribution >= 0.6 is 0 Å². The number of aromatic nitrogens is 4. The van der Waals surface area contributed by atoms with Crippen molar-refractivity contribution in [2.75, 3.05) is 5.32 Å². The van der Waals surface area contributed by atoms with Crippen molar-refractivity contribution in [3.8, 4) is 5.75 Å². The fraction of sp³-hybridized carbons (Fsp3) is 0.200. The predicted molar refractivity (Wildman–Crippen MR) is 59.6 cm³/mol. The van der Waals surface area contributed by atoms with Crippen molar-refractivity contribution in [2.45, 2.75) is 6.92 Å². The molecule has 17 heavy (non-hydrogen) atoms. The zero-order valence-corrected chi connectivity index (χ0v) is 9.38. The standard InChI is InChI=1S/C10H11N5O2/c1-6-5-7(3-4-8(6)16)9(17)11-10-12-14-15(2)13-10/h3-5,16H,1-2H3,(H,11,13,17). The van der Waals surface area contributed by atoms with Gasteiger partial charge in [-0.2, -0.15) is 4.80 Å². The third-order valence-electron chi connectivity index (χ3n) is 2.19. The molecular weight excluding hydrogens is 222 g/mol. The van der Waals surface area contributed by atoms with Crippen molar-refractivity contribution in [2.24, 2.45) is 7.05 Å². The molecule has 0 fully saturated rings. The number of aryl methyl sites for hydroxylation is 2. The van der Waals surface area contributed by atoms with Gasteiger partial charge in [0.15, 0.2) is 0 Å². The van der Waals surface area contributed by atoms with E-state index in [4.69, 9.17) is 0 Å². The number of nitrogens with one attached hydrogen (secondary N) is 1. The summed E-state index contributed by atoms with van der Waals surface area (Å²) in [4.78, 5) is 13.0. The Morgan fingerprint density at radius 1 is 1.47 bits per heavy atom. The second-order valence-electron chi connectivity index (χ2n) is 3.56. The van der Waals surface area contributed by atoms with Gasteiger partial charge in [0.1, 0.15) is 5.75 Å². The molecule has 0 aliphatic carbocycles. The number of phenolic OH excluding ortho intramolecular Hbond substituents is 1. The smallest absolute Gasteiger partial charge is 0.270 e. The van der Waals surface area contributed by atoms with Gasteiger partial charge in [0, 0.05) is 5.56 Å². The second-order valence-corrected chi connectivity index (χ2v) is 3.56. The van der Waals surface area contributed by atoms with E-state index in [9.17, 15) is 9.90 Å². The van der Waals surface area contributed by atoms with Gasteiger partial charge in [-0.1, -0.05) is 5.10 Å². The van der Waals surface area contributed by atoms with Gasteiger partial charge in [-0.05, 0) is 35.9 Å². The number of rotatable bonds is 2. The molecule has 2 rings (SSSR count). The van der Waals surface area contributed by atoms with Crippen molar-refractivity contribution in [1.29, 1.82) is 0 Å². The Balaban J connectivity index is 2.17. The zero-order chi connectivity index (χ0) is 12.4. The molecule has 1 aromatic heterocycles. The lowest BCUT2D eigenvalue weighted by Crippen LogP contribution is -2.13. The average molecular weight is 233 g/mol. The fourth-order valence-electron chi connectivity index (χ4n) is 1.30. The Bertz CT molecular complexity index is 564. The number of carbonyl (C=O) groups is 1. The summed E-state index contributed by atoms with van der Waals surface area (Å²) in [5.74, 6) is -0.0523. The van der Waals surface area contributed by atoms with Crippen molar-refractivity contribution in [3.63, 3.8) is 0 Å². The quantitative estimate of drug-likeness (QED) is 0.786. The molecule has 1 heterocycles. The van der Waals surface area contributed by atoms with Crippen molar-refractivity contribution < 1.29 is 9.90 Å². The normalized spacial score (nSPS) is 10.2. The van der Waals surface area contributed by atoms with Gasteiger partial charge in [0.2, 0.25) is 0 Å². The Hall–Kier alpha value is -2.44. The van der Waals surface area contributed by atoms with Crippen LogP contribution in [0.1, 0.15) is 15.9 Å². The first-order valence-corrected chi connectivity index (χ1v) is 4.91. The molecule has 1 amide bonds. The first-order chi connectivity index (χ1) is 8.06. The third-order valence-corrected chi connectivity index (χ3v) is 2.19. The first kappa shape index (κ1) is 11.1. The zero-order valence-electron chi connectivity index (χ0n) is 9.38. The van der Waals surface area contributed by atoms with Crippen LogP contribution in [0, 0.1) is 6.92 Å². The van der Waals surface area contributed by atoms with Crippen molar-refractivity contribution in [3.05, 3.63) is 29.3 Å². The van der Waals surface area contributed by atoms with Crippen molar-refractivity contribution in [1.82, 2.24) is 20.2 Å². The third kappa shape index (κ3) is 2.39. The predicted octanol–water partition coefficient (Wildman–Crippen LogP) is 0.476. The Labute approximate surface area is 97.1 Å². The minimum Gasteiger partial charge on any atom is -0.508 e. The SMILES string of the molecule is Cc1cc(C(=O)Nc2nnn(C)n2)ccc1O. The lowest BCUT2D eigenvalue weighted by molar-refractivity contribution is 0.102. The molecule has 0 atom stereocenters. The summed E-state index contributed by atoms with van der Waals surface area (Å²) < 4.78 is 0. The van der Waals surface area contributed by atoms with E-state index >= 15 is 0 Å². The molecule has 0 saturated heterocycles. The molecule has 2 aromatic rings. The summed E-state index contributed by atoms with van der Waals surface area (Å²) in [6.07, 6.45) is 0. The van der Waals surface area contributed by atoms with E-state index in [1.54, 1.807) is 20.0 Å². The van der Waals surface area contributed by atoms with E-state index in [1.165, 1.54) is 16.9 Å². The van der Waals surface area contributed by atoms with E-state index in [0.717, 1.165) is 0 Å². The Morgan fingerprint density at radius 3 is 2.82 bits per heavy atom. The molecule has 0 radical (unpaired) electrons. The van der Waals surface area contributed by atoms with Gasteiger partial charge in [-0.25, -0.2) is 0 Å². The number of nitrogens with zero attached hydrogens (tertiary/aromatic N) is 4. The maximum atomic E-state index is 11.8. The summed E-state index contributed by atoms with van der Waals surface area (Å²) in [7, 11) is 1.60. The van der Waals surface area contributed by atoms with Gasteiger partial charge in [-0.3, -0.25) is 10.1 Å². The molecule has 0 bridgehead atoms. The largest absolute Gasteiger partial charge is 0.508 e. The van der Waals surface area contributed by atoms with E-state index in [2.05, 4.69) is 20.7 Å². The van der Waals surface area contributed by atoms with E-state index in [1.807, 2.05) is 0 Å². The molecule has 0 aliphatic rings. The molecule has 0 saturated carbocycles. The molecular formula is C10H11N5O2. The van der Waals surface area contributed by atoms with Crippen LogP contribution < -0.4 is 5.32 Å². The van der Waals surface area contributed by atoms with Crippen LogP contribution in [0.5, 0.6) is 5.75 Å². The molecule has 0 aliphatic heterocycles. The lowest BCUT2D eigenvalue weighted by atomic mass is 10.1. The maximum absolute atomic E-state index is 11.8. The summed E-state index contributed by atoms with van der Waals surface area (Å²) in [6.45, 7) is 1.71. The van der Waals surface area contributed by atoms with Gasteiger partial charge >= 0.3 is 0 Å². The number of tetrazole rings is 1. The number of aromatic hydroxyl groups is 1. The number of hydrogen-bond acceptors (Lipinski definition) is 5. The molecule has 88 valence electrons. The van der Waals surface area contributed by atoms with E-state index < -0.39 is 0 Å². The highest BCUT2D eigenvalue weighted by molar-refractivity contribution is 6.03.